The molecule has 0 spiro atoms. The van der Waals surface area contributed by atoms with Crippen LogP contribution in [0.5, 0.6) is 0 Å². The summed E-state index contributed by atoms with van der Waals surface area (Å²) < 4.78 is 1.46. The van der Waals surface area contributed by atoms with E-state index >= 15 is 0 Å². The smallest absolute Gasteiger partial charge is 0.269 e. The molecule has 0 aliphatic carbocycles. The number of nitrogen functional groups attached to an aromatic ring is 1. The summed E-state index contributed by atoms with van der Waals surface area (Å²) in [5.74, 6) is -0.562. The van der Waals surface area contributed by atoms with E-state index in [0.717, 1.165) is 0 Å². The second kappa shape index (κ2) is 3.11. The van der Waals surface area contributed by atoms with Crippen LogP contribution in [0.25, 0.3) is 5.13 Å². The topological polar surface area (TPSA) is 99.8 Å². The summed E-state index contributed by atoms with van der Waals surface area (Å²) in [4.78, 5) is 14.8. The standard InChI is InChI=1S/C7H7N5OS/c8-5-3-10-7(14-5)12-2-1-4(11-12)6(9)13/h1-3H,8H2,(H2,9,13). The minimum Gasteiger partial charge on any atom is -0.389 e. The van der Waals surface area contributed by atoms with Gasteiger partial charge in [-0.1, -0.05) is 11.3 Å². The molecule has 14 heavy (non-hydrogen) atoms. The van der Waals surface area contributed by atoms with E-state index in [2.05, 4.69) is 10.1 Å². The number of primary amides is 1. The summed E-state index contributed by atoms with van der Waals surface area (Å²) >= 11 is 1.28. The van der Waals surface area contributed by atoms with Crippen LogP contribution in [-0.4, -0.2) is 20.7 Å². The number of anilines is 1. The summed E-state index contributed by atoms with van der Waals surface area (Å²) in [7, 11) is 0. The van der Waals surface area contributed by atoms with E-state index in [9.17, 15) is 4.79 Å². The molecule has 2 aromatic heterocycles. The molecule has 0 aliphatic heterocycles. The quantitative estimate of drug-likeness (QED) is 0.727. The predicted octanol–water partition coefficient (Wildman–Crippen LogP) is 0.00990. The molecule has 0 unspecified atom stereocenters. The monoisotopic (exact) mass is 209 g/mol. The first kappa shape index (κ1) is 8.70. The fourth-order valence-electron chi connectivity index (χ4n) is 0.945. The van der Waals surface area contributed by atoms with Gasteiger partial charge in [0.05, 0.1) is 6.20 Å². The minimum absolute atomic E-state index is 0.207. The molecule has 0 fully saturated rings. The largest absolute Gasteiger partial charge is 0.389 e. The number of carbonyl (C=O) groups excluding carboxylic acids is 1. The molecule has 0 aliphatic rings. The zero-order valence-corrected chi connectivity index (χ0v) is 7.86. The maximum Gasteiger partial charge on any atom is 0.269 e. The van der Waals surface area contributed by atoms with Crippen LogP contribution < -0.4 is 11.5 Å². The van der Waals surface area contributed by atoms with E-state index in [1.54, 1.807) is 6.20 Å². The van der Waals surface area contributed by atoms with Crippen molar-refractivity contribution in [3.8, 4) is 5.13 Å². The number of nitrogens with two attached hydrogens (primary N) is 2. The normalized spacial score (nSPS) is 10.3. The van der Waals surface area contributed by atoms with Crippen LogP contribution in [-0.2, 0) is 0 Å². The molecule has 2 heterocycles. The minimum atomic E-state index is -0.562. The highest BCUT2D eigenvalue weighted by Gasteiger charge is 2.07. The molecule has 0 radical (unpaired) electrons. The zero-order valence-electron chi connectivity index (χ0n) is 7.04. The van der Waals surface area contributed by atoms with Gasteiger partial charge in [-0.3, -0.25) is 4.79 Å². The third-order valence-electron chi connectivity index (χ3n) is 1.55. The summed E-state index contributed by atoms with van der Waals surface area (Å²) in [6.07, 6.45) is 3.14. The van der Waals surface area contributed by atoms with Gasteiger partial charge >= 0.3 is 0 Å². The number of aromatic nitrogens is 3. The Hall–Kier alpha value is -1.89. The van der Waals surface area contributed by atoms with Crippen molar-refractivity contribution < 1.29 is 4.79 Å². The second-order valence-electron chi connectivity index (χ2n) is 2.56. The second-order valence-corrected chi connectivity index (χ2v) is 3.60. The molecule has 6 nitrogen and oxygen atoms in total. The Morgan fingerprint density at radius 3 is 2.86 bits per heavy atom. The van der Waals surface area contributed by atoms with Gasteiger partial charge in [-0.25, -0.2) is 9.67 Å². The molecule has 1 amide bonds. The number of amides is 1. The number of nitrogens with zero attached hydrogens (tertiary/aromatic N) is 3. The molecule has 0 saturated heterocycles. The third kappa shape index (κ3) is 1.44. The van der Waals surface area contributed by atoms with Crippen molar-refractivity contribution in [3.63, 3.8) is 0 Å². The van der Waals surface area contributed by atoms with E-state index in [1.807, 2.05) is 0 Å². The van der Waals surface area contributed by atoms with Crippen molar-refractivity contribution in [2.24, 2.45) is 5.73 Å². The van der Waals surface area contributed by atoms with Gasteiger partial charge in [0.1, 0.15) is 10.7 Å². The highest BCUT2D eigenvalue weighted by Crippen LogP contribution is 2.17. The predicted molar refractivity (Wildman–Crippen MR) is 52.2 cm³/mol. The molecule has 7 heteroatoms. The summed E-state index contributed by atoms with van der Waals surface area (Å²) in [5.41, 5.74) is 10.8. The van der Waals surface area contributed by atoms with Gasteiger partial charge in [0.2, 0.25) is 5.13 Å². The van der Waals surface area contributed by atoms with E-state index in [1.165, 1.54) is 28.3 Å². The van der Waals surface area contributed by atoms with Crippen molar-refractivity contribution in [1.82, 2.24) is 14.8 Å². The lowest BCUT2D eigenvalue weighted by molar-refractivity contribution is 0.0995. The van der Waals surface area contributed by atoms with Gasteiger partial charge in [0.25, 0.3) is 5.91 Å². The van der Waals surface area contributed by atoms with Gasteiger partial charge in [-0.2, -0.15) is 5.10 Å². The first-order chi connectivity index (χ1) is 6.66. The van der Waals surface area contributed by atoms with E-state index in [0.29, 0.717) is 10.1 Å². The van der Waals surface area contributed by atoms with Crippen LogP contribution >= 0.6 is 11.3 Å². The molecule has 2 rings (SSSR count). The molecular weight excluding hydrogens is 202 g/mol. The van der Waals surface area contributed by atoms with Crippen LogP contribution in [0, 0.1) is 0 Å². The average Bonchev–Trinajstić information content (AvgIpc) is 2.70. The van der Waals surface area contributed by atoms with Crippen molar-refractivity contribution >= 4 is 22.2 Å². The van der Waals surface area contributed by atoms with Crippen molar-refractivity contribution in [2.75, 3.05) is 5.73 Å². The Morgan fingerprint density at radius 2 is 2.36 bits per heavy atom. The van der Waals surface area contributed by atoms with Crippen LogP contribution in [0.1, 0.15) is 10.5 Å². The lowest BCUT2D eigenvalue weighted by Gasteiger charge is -1.91. The van der Waals surface area contributed by atoms with Crippen LogP contribution in [0.3, 0.4) is 0 Å². The van der Waals surface area contributed by atoms with Crippen LogP contribution in [0.2, 0.25) is 0 Å². The van der Waals surface area contributed by atoms with Crippen molar-refractivity contribution in [1.29, 1.82) is 0 Å². The summed E-state index contributed by atoms with van der Waals surface area (Å²) in [5, 5.41) is 5.13. The molecule has 0 aromatic carbocycles. The Kier molecular flexibility index (Phi) is 1.93. The van der Waals surface area contributed by atoms with Gasteiger partial charge in [-0.05, 0) is 6.07 Å². The highest BCUT2D eigenvalue weighted by molar-refractivity contribution is 7.17. The Morgan fingerprint density at radius 1 is 1.57 bits per heavy atom. The lowest BCUT2D eigenvalue weighted by Crippen LogP contribution is -2.12. The summed E-state index contributed by atoms with van der Waals surface area (Å²) in [6.45, 7) is 0. The number of carbonyl (C=O) groups is 1. The van der Waals surface area contributed by atoms with Crippen LogP contribution in [0.15, 0.2) is 18.5 Å². The van der Waals surface area contributed by atoms with E-state index in [-0.39, 0.29) is 5.69 Å². The number of hydrogen-bond donors (Lipinski definition) is 2. The molecule has 72 valence electrons. The molecule has 0 saturated carbocycles. The van der Waals surface area contributed by atoms with Gasteiger partial charge in [0, 0.05) is 6.20 Å². The number of hydrogen-bond acceptors (Lipinski definition) is 5. The summed E-state index contributed by atoms with van der Waals surface area (Å²) in [6, 6.07) is 1.53. The molecule has 0 bridgehead atoms. The van der Waals surface area contributed by atoms with Gasteiger partial charge < -0.3 is 11.5 Å². The SMILES string of the molecule is NC(=O)c1ccn(-c2ncc(N)s2)n1. The van der Waals surface area contributed by atoms with E-state index in [4.69, 9.17) is 11.5 Å². The number of rotatable bonds is 2. The zero-order chi connectivity index (χ0) is 10.1. The Balaban J connectivity index is 2.38. The molecular formula is C7H7N5OS. The lowest BCUT2D eigenvalue weighted by atomic mass is 10.4. The molecule has 0 atom stereocenters. The first-order valence-corrected chi connectivity index (χ1v) is 4.55. The highest BCUT2D eigenvalue weighted by atomic mass is 32.1. The van der Waals surface area contributed by atoms with Gasteiger partial charge in [0.15, 0.2) is 0 Å². The number of thiazole rings is 1. The Bertz CT molecular complexity index is 474. The molecule has 2 aromatic rings. The van der Waals surface area contributed by atoms with Crippen LogP contribution in [0.4, 0.5) is 5.00 Å². The molecule has 4 N–H and O–H groups in total. The maximum absolute atomic E-state index is 10.8. The van der Waals surface area contributed by atoms with Crippen molar-refractivity contribution in [2.45, 2.75) is 0 Å². The fraction of sp³-hybridized carbons (Fsp3) is 0. The van der Waals surface area contributed by atoms with Gasteiger partial charge in [-0.15, -0.1) is 0 Å². The average molecular weight is 209 g/mol. The van der Waals surface area contributed by atoms with E-state index < -0.39 is 5.91 Å². The Labute approximate surface area is 83.2 Å². The fourth-order valence-corrected chi connectivity index (χ4v) is 1.56. The third-order valence-corrected chi connectivity index (χ3v) is 2.37. The maximum atomic E-state index is 10.8. The first-order valence-electron chi connectivity index (χ1n) is 3.74. The van der Waals surface area contributed by atoms with Crippen molar-refractivity contribution in [3.05, 3.63) is 24.2 Å².